The third kappa shape index (κ3) is 4.84. The summed E-state index contributed by atoms with van der Waals surface area (Å²) in [6.07, 6.45) is 2.14. The molecule has 0 atom stereocenters. The number of para-hydroxylation sites is 1. The Bertz CT molecular complexity index is 827. The van der Waals surface area contributed by atoms with E-state index in [-0.39, 0.29) is 0 Å². The summed E-state index contributed by atoms with van der Waals surface area (Å²) < 4.78 is 0. The van der Waals surface area contributed by atoms with Crippen LogP contribution in [0.15, 0.2) is 54.6 Å². The minimum absolute atomic E-state index is 0.654. The molecule has 1 aliphatic rings. The molecule has 0 saturated carbocycles. The Labute approximate surface area is 160 Å². The van der Waals surface area contributed by atoms with Crippen molar-refractivity contribution in [2.75, 3.05) is 45.9 Å². The van der Waals surface area contributed by atoms with Crippen molar-refractivity contribution in [3.8, 4) is 0 Å². The van der Waals surface area contributed by atoms with Gasteiger partial charge in [-0.2, -0.15) is 0 Å². The van der Waals surface area contributed by atoms with E-state index in [2.05, 4.69) is 50.4 Å². The van der Waals surface area contributed by atoms with Gasteiger partial charge in [0.25, 0.3) is 0 Å². The van der Waals surface area contributed by atoms with Gasteiger partial charge in [-0.05, 0) is 35.8 Å². The molecule has 142 valence electrons. The number of nitrogens with zero attached hydrogens (tertiary/aromatic N) is 5. The zero-order valence-corrected chi connectivity index (χ0v) is 15.7. The van der Waals surface area contributed by atoms with Crippen molar-refractivity contribution < 1.29 is 4.84 Å². The number of rotatable bonds is 8. The largest absolute Gasteiger partial charge is 0.395 e. The van der Waals surface area contributed by atoms with Gasteiger partial charge in [0, 0.05) is 39.3 Å². The summed E-state index contributed by atoms with van der Waals surface area (Å²) in [7, 11) is 0. The minimum Gasteiger partial charge on any atom is -0.395 e. The highest BCUT2D eigenvalue weighted by atomic mass is 16.7. The molecule has 2 heterocycles. The molecule has 0 amide bonds. The van der Waals surface area contributed by atoms with Crippen LogP contribution in [0.4, 0.5) is 0 Å². The third-order valence-electron chi connectivity index (χ3n) is 5.18. The van der Waals surface area contributed by atoms with Gasteiger partial charge in [0.15, 0.2) is 0 Å². The van der Waals surface area contributed by atoms with E-state index in [1.54, 1.807) is 0 Å². The fourth-order valence-electron chi connectivity index (χ4n) is 3.55. The zero-order valence-electron chi connectivity index (χ0n) is 15.7. The Hall–Kier alpha value is -2.44. The summed E-state index contributed by atoms with van der Waals surface area (Å²) in [6.45, 7) is 7.46. The first-order chi connectivity index (χ1) is 13.4. The molecule has 6 heteroatoms. The van der Waals surface area contributed by atoms with E-state index in [4.69, 9.17) is 4.84 Å². The van der Waals surface area contributed by atoms with E-state index in [0.29, 0.717) is 6.61 Å². The lowest BCUT2D eigenvalue weighted by Crippen LogP contribution is -2.47. The maximum atomic E-state index is 5.76. The fourth-order valence-corrected chi connectivity index (χ4v) is 3.55. The minimum atomic E-state index is 0.654. The molecule has 27 heavy (non-hydrogen) atoms. The van der Waals surface area contributed by atoms with Crippen molar-refractivity contribution in [3.63, 3.8) is 0 Å². The van der Waals surface area contributed by atoms with E-state index in [1.807, 2.05) is 24.3 Å². The average molecular weight is 365 g/mol. The molecule has 0 spiro atoms. The molecule has 1 aromatic heterocycles. The molecule has 0 radical (unpaired) electrons. The number of benzene rings is 2. The topological polar surface area (TPSA) is 46.4 Å². The first kappa shape index (κ1) is 17.9. The van der Waals surface area contributed by atoms with E-state index in [1.165, 1.54) is 10.4 Å². The predicted octanol–water partition coefficient (Wildman–Crippen LogP) is 2.11. The summed E-state index contributed by atoms with van der Waals surface area (Å²) >= 11 is 0. The van der Waals surface area contributed by atoms with Gasteiger partial charge < -0.3 is 14.6 Å². The molecule has 6 nitrogen and oxygen atoms in total. The monoisotopic (exact) mass is 365 g/mol. The van der Waals surface area contributed by atoms with Crippen LogP contribution in [0.1, 0.15) is 12.0 Å². The summed E-state index contributed by atoms with van der Waals surface area (Å²) in [5.41, 5.74) is 3.21. The van der Waals surface area contributed by atoms with E-state index < -0.39 is 0 Å². The van der Waals surface area contributed by atoms with Gasteiger partial charge in [-0.25, -0.2) is 0 Å². The first-order valence-corrected chi connectivity index (χ1v) is 9.81. The Kier molecular flexibility index (Phi) is 5.96. The van der Waals surface area contributed by atoms with E-state index in [0.717, 1.165) is 63.1 Å². The first-order valence-electron chi connectivity index (χ1n) is 9.81. The van der Waals surface area contributed by atoms with Gasteiger partial charge >= 0.3 is 0 Å². The Morgan fingerprint density at radius 3 is 2.33 bits per heavy atom. The van der Waals surface area contributed by atoms with Crippen LogP contribution in [-0.2, 0) is 6.42 Å². The number of hydrogen-bond acceptors (Lipinski definition) is 5. The average Bonchev–Trinajstić information content (AvgIpc) is 3.14. The van der Waals surface area contributed by atoms with E-state index >= 15 is 0 Å². The van der Waals surface area contributed by atoms with Crippen LogP contribution >= 0.6 is 0 Å². The van der Waals surface area contributed by atoms with Crippen LogP contribution in [-0.4, -0.2) is 70.8 Å². The van der Waals surface area contributed by atoms with Gasteiger partial charge in [0.05, 0.1) is 0 Å². The molecule has 4 rings (SSSR count). The second kappa shape index (κ2) is 8.97. The molecule has 0 N–H and O–H groups in total. The van der Waals surface area contributed by atoms with Crippen molar-refractivity contribution in [1.82, 2.24) is 25.0 Å². The molecule has 2 aromatic carbocycles. The standard InChI is InChI=1S/C21H27N5O/c1-2-7-19(8-3-1)11-13-25-16-14-24(15-17-25)12-6-18-27-26-21-10-5-4-9-20(21)22-23-26/h1-5,7-10H,6,11-18H2. The maximum absolute atomic E-state index is 5.76. The highest BCUT2D eigenvalue weighted by Gasteiger charge is 2.16. The van der Waals surface area contributed by atoms with Crippen LogP contribution in [0.25, 0.3) is 11.0 Å². The Morgan fingerprint density at radius 1 is 0.815 bits per heavy atom. The molecule has 0 bridgehead atoms. The summed E-state index contributed by atoms with van der Waals surface area (Å²) in [5, 5.41) is 8.17. The summed E-state index contributed by atoms with van der Waals surface area (Å²) in [4.78, 5) is 12.4. The lowest BCUT2D eigenvalue weighted by Gasteiger charge is -2.34. The maximum Gasteiger partial charge on any atom is 0.130 e. The molecule has 0 unspecified atom stereocenters. The summed E-state index contributed by atoms with van der Waals surface area (Å²) in [6, 6.07) is 18.6. The van der Waals surface area contributed by atoms with Gasteiger partial charge in [0.1, 0.15) is 17.6 Å². The van der Waals surface area contributed by atoms with Crippen molar-refractivity contribution in [3.05, 3.63) is 60.2 Å². The number of hydrogen-bond donors (Lipinski definition) is 0. The molecule has 1 fully saturated rings. The number of aromatic nitrogens is 3. The van der Waals surface area contributed by atoms with Gasteiger partial charge in [-0.3, -0.25) is 0 Å². The second-order valence-corrected chi connectivity index (χ2v) is 7.06. The van der Waals surface area contributed by atoms with Crippen LogP contribution in [0.5, 0.6) is 0 Å². The molecule has 0 aliphatic carbocycles. The molecular formula is C21H27N5O. The van der Waals surface area contributed by atoms with Crippen molar-refractivity contribution in [2.45, 2.75) is 12.8 Å². The molecule has 1 aliphatic heterocycles. The van der Waals surface area contributed by atoms with Crippen LogP contribution < -0.4 is 4.84 Å². The Morgan fingerprint density at radius 2 is 1.52 bits per heavy atom. The van der Waals surface area contributed by atoms with E-state index in [9.17, 15) is 0 Å². The second-order valence-electron chi connectivity index (χ2n) is 7.06. The van der Waals surface area contributed by atoms with Crippen LogP contribution in [0.2, 0.25) is 0 Å². The van der Waals surface area contributed by atoms with Crippen LogP contribution in [0.3, 0.4) is 0 Å². The van der Waals surface area contributed by atoms with Gasteiger partial charge in [-0.1, -0.05) is 47.3 Å². The van der Waals surface area contributed by atoms with Crippen LogP contribution in [0, 0.1) is 0 Å². The Balaban J connectivity index is 1.13. The van der Waals surface area contributed by atoms with Crippen molar-refractivity contribution >= 4 is 11.0 Å². The smallest absolute Gasteiger partial charge is 0.130 e. The van der Waals surface area contributed by atoms with Crippen molar-refractivity contribution in [1.29, 1.82) is 0 Å². The van der Waals surface area contributed by atoms with Gasteiger partial charge in [0.2, 0.25) is 0 Å². The normalized spacial score (nSPS) is 16.0. The molecule has 3 aromatic rings. The molecule has 1 saturated heterocycles. The van der Waals surface area contributed by atoms with Crippen molar-refractivity contribution in [2.24, 2.45) is 0 Å². The third-order valence-corrected chi connectivity index (χ3v) is 5.18. The highest BCUT2D eigenvalue weighted by Crippen LogP contribution is 2.09. The quantitative estimate of drug-likeness (QED) is 0.572. The SMILES string of the molecule is c1ccc(CCN2CCN(CCCOn3nnc4ccccc43)CC2)cc1. The molecular weight excluding hydrogens is 338 g/mol. The number of piperazine rings is 1. The summed E-state index contributed by atoms with van der Waals surface area (Å²) in [5.74, 6) is 0. The predicted molar refractivity (Wildman–Crippen MR) is 107 cm³/mol. The number of fused-ring (bicyclic) bond motifs is 1. The fraction of sp³-hybridized carbons (Fsp3) is 0.429. The van der Waals surface area contributed by atoms with Gasteiger partial charge in [-0.15, -0.1) is 5.10 Å². The zero-order chi connectivity index (χ0) is 18.3. The lowest BCUT2D eigenvalue weighted by molar-refractivity contribution is 0.0714. The lowest BCUT2D eigenvalue weighted by atomic mass is 10.1. The highest BCUT2D eigenvalue weighted by molar-refractivity contribution is 5.73.